The number of carbonyl (C=O) groups is 1. The molecule has 60 valence electrons. The smallest absolute Gasteiger partial charge is 0.266 e. The molecule has 0 saturated carbocycles. The molecular formula is C6H8ClN3O. The van der Waals surface area contributed by atoms with E-state index in [0.29, 0.717) is 5.70 Å². The Morgan fingerprint density at radius 2 is 2.27 bits per heavy atom. The highest BCUT2D eigenvalue weighted by molar-refractivity contribution is 5.92. The fourth-order valence-electron chi connectivity index (χ4n) is 0.526. The summed E-state index contributed by atoms with van der Waals surface area (Å²) in [6, 6.07) is 0. The summed E-state index contributed by atoms with van der Waals surface area (Å²) in [5, 5.41) is 3.64. The van der Waals surface area contributed by atoms with Crippen molar-refractivity contribution in [3.8, 4) is 0 Å². The Bertz CT molecular complexity index is 232. The summed E-state index contributed by atoms with van der Waals surface area (Å²) in [4.78, 5) is 10.5. The lowest BCUT2D eigenvalue weighted by Crippen LogP contribution is -2.22. The average molecular weight is 174 g/mol. The molecule has 0 unspecified atom stereocenters. The minimum absolute atomic E-state index is 0. The number of hydrogen-bond acceptors (Lipinski definition) is 3. The van der Waals surface area contributed by atoms with E-state index in [1.165, 1.54) is 6.21 Å². The summed E-state index contributed by atoms with van der Waals surface area (Å²) in [5.41, 5.74) is 7.73. The molecule has 0 fully saturated rings. The van der Waals surface area contributed by atoms with E-state index < -0.39 is 5.91 Å². The molecule has 1 aliphatic rings. The monoisotopic (exact) mass is 173 g/mol. The first-order chi connectivity index (χ1) is 4.80. The fourth-order valence-corrected chi connectivity index (χ4v) is 0.526. The summed E-state index contributed by atoms with van der Waals surface area (Å²) in [5.74, 6) is -0.510. The molecule has 0 bridgehead atoms. The molecule has 0 aromatic heterocycles. The molecular weight excluding hydrogens is 166 g/mol. The van der Waals surface area contributed by atoms with Crippen LogP contribution in [0.1, 0.15) is 0 Å². The SMILES string of the molecule is Cl.NC(=O)C1=CC=CC=NN1. The van der Waals surface area contributed by atoms with Crippen LogP contribution in [0.4, 0.5) is 0 Å². The zero-order chi connectivity index (χ0) is 7.40. The number of halogens is 1. The summed E-state index contributed by atoms with van der Waals surface area (Å²) in [6.07, 6.45) is 6.48. The van der Waals surface area contributed by atoms with Crippen molar-refractivity contribution in [2.24, 2.45) is 10.8 Å². The Kier molecular flexibility index (Phi) is 3.98. The highest BCUT2D eigenvalue weighted by atomic mass is 35.5. The first-order valence-corrected chi connectivity index (χ1v) is 2.76. The third-order valence-electron chi connectivity index (χ3n) is 0.985. The molecule has 5 heteroatoms. The van der Waals surface area contributed by atoms with Gasteiger partial charge in [-0.25, -0.2) is 0 Å². The Morgan fingerprint density at radius 3 is 2.91 bits per heavy atom. The zero-order valence-electron chi connectivity index (χ0n) is 5.65. The van der Waals surface area contributed by atoms with Crippen LogP contribution in [-0.2, 0) is 4.79 Å². The van der Waals surface area contributed by atoms with Crippen LogP contribution >= 0.6 is 12.4 Å². The standard InChI is InChI=1S/C6H7N3O.ClH/c7-6(10)5-3-1-2-4-8-9-5;/h1-4,9H,(H2,7,10);1H. The molecule has 0 aromatic rings. The highest BCUT2D eigenvalue weighted by Gasteiger charge is 2.00. The van der Waals surface area contributed by atoms with Gasteiger partial charge in [-0.1, -0.05) is 6.08 Å². The van der Waals surface area contributed by atoms with Crippen LogP contribution in [0, 0.1) is 0 Å². The van der Waals surface area contributed by atoms with Crippen LogP contribution in [0.15, 0.2) is 29.0 Å². The van der Waals surface area contributed by atoms with E-state index in [9.17, 15) is 4.79 Å². The van der Waals surface area contributed by atoms with Crippen molar-refractivity contribution in [3.63, 3.8) is 0 Å². The molecule has 0 radical (unpaired) electrons. The fraction of sp³-hybridized carbons (Fsp3) is 0. The van der Waals surface area contributed by atoms with Gasteiger partial charge in [-0.05, 0) is 12.2 Å². The minimum Gasteiger partial charge on any atom is -0.364 e. The molecule has 0 aromatic carbocycles. The number of allylic oxidation sites excluding steroid dienone is 3. The molecule has 0 spiro atoms. The topological polar surface area (TPSA) is 67.5 Å². The number of nitrogens with zero attached hydrogens (tertiary/aromatic N) is 1. The lowest BCUT2D eigenvalue weighted by atomic mass is 10.4. The molecule has 1 amide bonds. The highest BCUT2D eigenvalue weighted by Crippen LogP contribution is 1.90. The van der Waals surface area contributed by atoms with Crippen molar-refractivity contribution in [2.45, 2.75) is 0 Å². The Hall–Kier alpha value is -1.29. The molecule has 0 atom stereocenters. The van der Waals surface area contributed by atoms with Crippen molar-refractivity contribution >= 4 is 24.5 Å². The average Bonchev–Trinajstić information content (AvgIpc) is 2.12. The van der Waals surface area contributed by atoms with Crippen LogP contribution in [0.2, 0.25) is 0 Å². The first kappa shape index (κ1) is 9.71. The number of nitrogens with one attached hydrogen (secondary N) is 1. The minimum atomic E-state index is -0.510. The molecule has 4 nitrogen and oxygen atoms in total. The van der Waals surface area contributed by atoms with E-state index >= 15 is 0 Å². The third-order valence-corrected chi connectivity index (χ3v) is 0.985. The van der Waals surface area contributed by atoms with E-state index in [-0.39, 0.29) is 12.4 Å². The van der Waals surface area contributed by atoms with Crippen molar-refractivity contribution in [1.29, 1.82) is 0 Å². The number of rotatable bonds is 1. The number of amides is 1. The van der Waals surface area contributed by atoms with Gasteiger partial charge in [0.25, 0.3) is 5.91 Å². The van der Waals surface area contributed by atoms with Gasteiger partial charge >= 0.3 is 0 Å². The van der Waals surface area contributed by atoms with E-state index in [4.69, 9.17) is 5.73 Å². The van der Waals surface area contributed by atoms with E-state index in [0.717, 1.165) is 0 Å². The van der Waals surface area contributed by atoms with Crippen molar-refractivity contribution in [2.75, 3.05) is 0 Å². The molecule has 11 heavy (non-hydrogen) atoms. The third kappa shape index (κ3) is 2.86. The van der Waals surface area contributed by atoms with Crippen LogP contribution in [0.3, 0.4) is 0 Å². The Balaban J connectivity index is 0.000001000. The van der Waals surface area contributed by atoms with Gasteiger partial charge in [-0.15, -0.1) is 12.4 Å². The molecule has 1 aliphatic heterocycles. The van der Waals surface area contributed by atoms with Crippen LogP contribution in [0.25, 0.3) is 0 Å². The van der Waals surface area contributed by atoms with Crippen LogP contribution < -0.4 is 11.2 Å². The van der Waals surface area contributed by atoms with E-state index in [1.54, 1.807) is 18.2 Å². The number of nitrogens with two attached hydrogens (primary N) is 1. The van der Waals surface area contributed by atoms with Crippen LogP contribution in [-0.4, -0.2) is 12.1 Å². The van der Waals surface area contributed by atoms with E-state index in [2.05, 4.69) is 10.5 Å². The Labute approximate surface area is 70.2 Å². The first-order valence-electron chi connectivity index (χ1n) is 2.76. The van der Waals surface area contributed by atoms with Gasteiger partial charge in [-0.2, -0.15) is 5.10 Å². The predicted octanol–water partition coefficient (Wildman–Crippen LogP) is -0.0774. The van der Waals surface area contributed by atoms with Gasteiger partial charge in [-0.3, -0.25) is 10.2 Å². The van der Waals surface area contributed by atoms with E-state index in [1.807, 2.05) is 0 Å². The summed E-state index contributed by atoms with van der Waals surface area (Å²) >= 11 is 0. The van der Waals surface area contributed by atoms with Gasteiger partial charge in [0.1, 0.15) is 5.70 Å². The summed E-state index contributed by atoms with van der Waals surface area (Å²) in [6.45, 7) is 0. The van der Waals surface area contributed by atoms with Gasteiger partial charge in [0.05, 0.1) is 0 Å². The number of hydrogen-bond donors (Lipinski definition) is 2. The molecule has 1 rings (SSSR count). The number of primary amides is 1. The molecule has 3 N–H and O–H groups in total. The number of carbonyl (C=O) groups excluding carboxylic acids is 1. The number of hydrazone groups is 1. The summed E-state index contributed by atoms with van der Waals surface area (Å²) in [7, 11) is 0. The normalized spacial score (nSPS) is 14.0. The van der Waals surface area contributed by atoms with Gasteiger partial charge in [0.15, 0.2) is 0 Å². The van der Waals surface area contributed by atoms with Crippen molar-refractivity contribution in [1.82, 2.24) is 5.43 Å². The second-order valence-electron chi connectivity index (χ2n) is 1.72. The molecule has 0 aliphatic carbocycles. The quantitative estimate of drug-likeness (QED) is 0.583. The lowest BCUT2D eigenvalue weighted by molar-refractivity contribution is -0.114. The predicted molar refractivity (Wildman–Crippen MR) is 45.3 cm³/mol. The zero-order valence-corrected chi connectivity index (χ0v) is 6.47. The van der Waals surface area contributed by atoms with Crippen molar-refractivity contribution in [3.05, 3.63) is 23.9 Å². The lowest BCUT2D eigenvalue weighted by Gasteiger charge is -1.96. The van der Waals surface area contributed by atoms with Gasteiger partial charge < -0.3 is 5.73 Å². The Morgan fingerprint density at radius 1 is 1.55 bits per heavy atom. The second kappa shape index (κ2) is 4.51. The maximum absolute atomic E-state index is 10.5. The van der Waals surface area contributed by atoms with Gasteiger partial charge in [0, 0.05) is 6.21 Å². The molecule has 0 saturated heterocycles. The largest absolute Gasteiger partial charge is 0.364 e. The molecule has 1 heterocycles. The summed E-state index contributed by atoms with van der Waals surface area (Å²) < 4.78 is 0. The maximum atomic E-state index is 10.5. The van der Waals surface area contributed by atoms with Gasteiger partial charge in [0.2, 0.25) is 0 Å². The van der Waals surface area contributed by atoms with Crippen molar-refractivity contribution < 1.29 is 4.79 Å². The maximum Gasteiger partial charge on any atom is 0.266 e. The second-order valence-corrected chi connectivity index (χ2v) is 1.72. The van der Waals surface area contributed by atoms with Crippen LogP contribution in [0.5, 0.6) is 0 Å².